The second-order valence-electron chi connectivity index (χ2n) is 3.49. The smallest absolute Gasteiger partial charge is 0.345 e. The fourth-order valence-electron chi connectivity index (χ4n) is 1.76. The van der Waals surface area contributed by atoms with Crippen molar-refractivity contribution in [1.29, 1.82) is 0 Å². The van der Waals surface area contributed by atoms with Crippen molar-refractivity contribution in [2.24, 2.45) is 0 Å². The molecule has 3 N–H and O–H groups in total. The number of aliphatic hydroxyl groups excluding tert-OH is 1. The van der Waals surface area contributed by atoms with Crippen molar-refractivity contribution in [1.82, 2.24) is 0 Å². The highest BCUT2D eigenvalue weighted by Gasteiger charge is 2.36. The van der Waals surface area contributed by atoms with E-state index in [1.165, 1.54) is 6.92 Å². The van der Waals surface area contributed by atoms with Crippen LogP contribution in [-0.2, 0) is 4.74 Å². The Kier molecular flexibility index (Phi) is 1.87. The number of carbonyl (C=O) groups excluding carboxylic acids is 1. The Bertz CT molecular complexity index is 464. The highest BCUT2D eigenvalue weighted by molar-refractivity contribution is 5.98. The molecule has 5 nitrogen and oxygen atoms in total. The third kappa shape index (κ3) is 1.10. The number of aromatic hydroxyl groups is 2. The molecular weight excluding hydrogens is 200 g/mol. The maximum atomic E-state index is 11.3. The SMILES string of the molecule is Cc1c(O)c(C)c2c(c1O)C(=O)O[C@H]2O. The standard InChI is InChI=1S/C10H10O5/c1-3-5-6(10(14)15-9(5)13)8(12)4(2)7(3)11/h9,11-13H,1-2H3/t9-/m1/s1. The molecule has 1 aromatic rings. The monoisotopic (exact) mass is 210 g/mol. The number of esters is 1. The number of ether oxygens (including phenoxy) is 1. The lowest BCUT2D eigenvalue weighted by Gasteiger charge is -2.11. The first-order valence-corrected chi connectivity index (χ1v) is 4.39. The third-order valence-corrected chi connectivity index (χ3v) is 2.65. The molecule has 0 bridgehead atoms. The van der Waals surface area contributed by atoms with E-state index in [2.05, 4.69) is 4.74 Å². The normalized spacial score (nSPS) is 18.9. The van der Waals surface area contributed by atoms with E-state index in [1.54, 1.807) is 6.92 Å². The van der Waals surface area contributed by atoms with E-state index < -0.39 is 12.3 Å². The summed E-state index contributed by atoms with van der Waals surface area (Å²) in [5, 5.41) is 28.7. The zero-order valence-corrected chi connectivity index (χ0v) is 8.24. The van der Waals surface area contributed by atoms with Gasteiger partial charge in [0.25, 0.3) is 0 Å². The Balaban J connectivity index is 2.86. The summed E-state index contributed by atoms with van der Waals surface area (Å²) in [6.07, 6.45) is -1.41. The van der Waals surface area contributed by atoms with Gasteiger partial charge in [0.2, 0.25) is 6.29 Å². The summed E-state index contributed by atoms with van der Waals surface area (Å²) in [5.41, 5.74) is 0.631. The molecule has 0 aromatic heterocycles. The van der Waals surface area contributed by atoms with E-state index in [0.717, 1.165) is 0 Å². The minimum absolute atomic E-state index is 0.0599. The van der Waals surface area contributed by atoms with Crippen LogP contribution in [0.2, 0.25) is 0 Å². The quantitative estimate of drug-likeness (QED) is 0.553. The molecule has 80 valence electrons. The summed E-state index contributed by atoms with van der Waals surface area (Å²) in [5.74, 6) is -1.25. The number of cyclic esters (lactones) is 1. The minimum Gasteiger partial charge on any atom is -0.507 e. The summed E-state index contributed by atoms with van der Waals surface area (Å²) in [7, 11) is 0. The minimum atomic E-state index is -1.41. The fraction of sp³-hybridized carbons (Fsp3) is 0.300. The topological polar surface area (TPSA) is 87.0 Å². The van der Waals surface area contributed by atoms with E-state index in [4.69, 9.17) is 0 Å². The maximum Gasteiger partial charge on any atom is 0.345 e. The lowest BCUT2D eigenvalue weighted by Crippen LogP contribution is -1.98. The summed E-state index contributed by atoms with van der Waals surface area (Å²) < 4.78 is 4.55. The van der Waals surface area contributed by atoms with Gasteiger partial charge in [-0.2, -0.15) is 0 Å². The molecule has 0 radical (unpaired) electrons. The Morgan fingerprint density at radius 3 is 2.33 bits per heavy atom. The van der Waals surface area contributed by atoms with Crippen LogP contribution in [-0.4, -0.2) is 21.3 Å². The molecule has 1 aliphatic rings. The number of benzene rings is 1. The molecule has 0 unspecified atom stereocenters. The highest BCUT2D eigenvalue weighted by atomic mass is 16.6. The van der Waals surface area contributed by atoms with E-state index in [-0.39, 0.29) is 28.2 Å². The van der Waals surface area contributed by atoms with E-state index >= 15 is 0 Å². The first-order valence-electron chi connectivity index (χ1n) is 4.39. The highest BCUT2D eigenvalue weighted by Crippen LogP contribution is 2.43. The molecule has 15 heavy (non-hydrogen) atoms. The number of carbonyl (C=O) groups is 1. The predicted octanol–water partition coefficient (Wildman–Crippen LogP) is 0.876. The van der Waals surface area contributed by atoms with Crippen LogP contribution in [0.15, 0.2) is 0 Å². The number of hydrogen-bond acceptors (Lipinski definition) is 5. The van der Waals surface area contributed by atoms with Gasteiger partial charge in [-0.3, -0.25) is 0 Å². The van der Waals surface area contributed by atoms with Crippen LogP contribution in [0.1, 0.15) is 33.3 Å². The Morgan fingerprint density at radius 2 is 1.73 bits per heavy atom. The summed E-state index contributed by atoms with van der Waals surface area (Å²) in [6, 6.07) is 0. The van der Waals surface area contributed by atoms with Gasteiger partial charge in [0.1, 0.15) is 17.1 Å². The van der Waals surface area contributed by atoms with Gasteiger partial charge in [-0.1, -0.05) is 0 Å². The van der Waals surface area contributed by atoms with E-state index in [9.17, 15) is 20.1 Å². The van der Waals surface area contributed by atoms with Crippen LogP contribution in [0, 0.1) is 13.8 Å². The molecule has 2 rings (SSSR count). The second-order valence-corrected chi connectivity index (χ2v) is 3.49. The molecule has 0 spiro atoms. The van der Waals surface area contributed by atoms with Gasteiger partial charge in [-0.15, -0.1) is 0 Å². The Hall–Kier alpha value is -1.75. The molecule has 5 heteroatoms. The molecule has 1 aliphatic heterocycles. The molecule has 0 fully saturated rings. The van der Waals surface area contributed by atoms with Crippen molar-refractivity contribution >= 4 is 5.97 Å². The zero-order chi connectivity index (χ0) is 11.3. The van der Waals surface area contributed by atoms with Crippen LogP contribution < -0.4 is 0 Å². The third-order valence-electron chi connectivity index (χ3n) is 2.65. The van der Waals surface area contributed by atoms with E-state index in [0.29, 0.717) is 5.56 Å². The Morgan fingerprint density at radius 1 is 1.13 bits per heavy atom. The lowest BCUT2D eigenvalue weighted by molar-refractivity contribution is -0.0551. The van der Waals surface area contributed by atoms with Crippen molar-refractivity contribution in [3.8, 4) is 11.5 Å². The molecule has 1 atom stereocenters. The summed E-state index contributed by atoms with van der Waals surface area (Å²) in [4.78, 5) is 11.3. The Labute approximate surface area is 85.5 Å². The van der Waals surface area contributed by atoms with Gasteiger partial charge in [-0.25, -0.2) is 4.79 Å². The maximum absolute atomic E-state index is 11.3. The average Bonchev–Trinajstić information content (AvgIpc) is 2.47. The van der Waals surface area contributed by atoms with Gasteiger partial charge in [-0.05, 0) is 13.8 Å². The zero-order valence-electron chi connectivity index (χ0n) is 8.24. The lowest BCUT2D eigenvalue weighted by atomic mass is 9.97. The van der Waals surface area contributed by atoms with Gasteiger partial charge >= 0.3 is 5.97 Å². The van der Waals surface area contributed by atoms with Crippen LogP contribution in [0.25, 0.3) is 0 Å². The second kappa shape index (κ2) is 2.87. The largest absolute Gasteiger partial charge is 0.507 e. The predicted molar refractivity (Wildman–Crippen MR) is 49.6 cm³/mol. The number of hydrogen-bond donors (Lipinski definition) is 3. The van der Waals surface area contributed by atoms with Crippen molar-refractivity contribution in [3.05, 3.63) is 22.3 Å². The number of rotatable bonds is 0. The number of phenols is 2. The van der Waals surface area contributed by atoms with Crippen LogP contribution in [0.5, 0.6) is 11.5 Å². The van der Waals surface area contributed by atoms with Crippen LogP contribution in [0.3, 0.4) is 0 Å². The summed E-state index contributed by atoms with van der Waals surface area (Å²) in [6.45, 7) is 3.03. The summed E-state index contributed by atoms with van der Waals surface area (Å²) >= 11 is 0. The van der Waals surface area contributed by atoms with Crippen molar-refractivity contribution < 1.29 is 24.9 Å². The van der Waals surface area contributed by atoms with Gasteiger partial charge < -0.3 is 20.1 Å². The van der Waals surface area contributed by atoms with Crippen molar-refractivity contribution in [3.63, 3.8) is 0 Å². The number of fused-ring (bicyclic) bond motifs is 1. The van der Waals surface area contributed by atoms with E-state index in [1.807, 2.05) is 0 Å². The molecule has 1 aromatic carbocycles. The first-order chi connectivity index (χ1) is 6.95. The van der Waals surface area contributed by atoms with Crippen molar-refractivity contribution in [2.45, 2.75) is 20.1 Å². The average molecular weight is 210 g/mol. The van der Waals surface area contributed by atoms with Crippen LogP contribution in [0.4, 0.5) is 0 Å². The number of aliphatic hydroxyl groups is 1. The van der Waals surface area contributed by atoms with Crippen molar-refractivity contribution in [2.75, 3.05) is 0 Å². The van der Waals surface area contributed by atoms with Crippen LogP contribution >= 0.6 is 0 Å². The molecular formula is C10H10O5. The fourth-order valence-corrected chi connectivity index (χ4v) is 1.76. The molecule has 0 amide bonds. The molecule has 0 saturated carbocycles. The number of phenolic OH excluding ortho intramolecular Hbond substituents is 2. The van der Waals surface area contributed by atoms with Gasteiger partial charge in [0.05, 0.1) is 0 Å². The van der Waals surface area contributed by atoms with Gasteiger partial charge in [0.15, 0.2) is 0 Å². The molecule has 0 aliphatic carbocycles. The van der Waals surface area contributed by atoms with Gasteiger partial charge in [0, 0.05) is 16.7 Å². The first kappa shape index (κ1) is 9.79. The molecule has 1 heterocycles. The molecule has 0 saturated heterocycles.